The number of fused-ring (bicyclic) bond motifs is 2. The molecule has 0 aromatic heterocycles. The molecule has 122 valence electrons. The van der Waals surface area contributed by atoms with Crippen LogP contribution in [0.2, 0.25) is 0 Å². The predicted molar refractivity (Wildman–Crippen MR) is 79.7 cm³/mol. The third-order valence-corrected chi connectivity index (χ3v) is 6.14. The molecule has 1 amide bonds. The molecule has 1 aromatic rings. The lowest BCUT2D eigenvalue weighted by molar-refractivity contribution is -0.00333. The van der Waals surface area contributed by atoms with Crippen LogP contribution in [0.1, 0.15) is 35.2 Å². The van der Waals surface area contributed by atoms with E-state index in [1.807, 2.05) is 11.0 Å². The van der Waals surface area contributed by atoms with Gasteiger partial charge < -0.3 is 24.2 Å². The van der Waals surface area contributed by atoms with E-state index in [1.54, 1.807) is 13.2 Å². The van der Waals surface area contributed by atoms with E-state index in [-0.39, 0.29) is 24.8 Å². The van der Waals surface area contributed by atoms with Crippen molar-refractivity contribution in [2.75, 3.05) is 20.4 Å². The van der Waals surface area contributed by atoms with Crippen molar-refractivity contribution in [2.24, 2.45) is 0 Å². The number of carbonyl (C=O) groups is 1. The number of nitrogens with zero attached hydrogens (tertiary/aromatic N) is 1. The van der Waals surface area contributed by atoms with Crippen molar-refractivity contribution in [2.45, 2.75) is 42.9 Å². The first-order chi connectivity index (χ1) is 11.1. The number of rotatable bonds is 1. The zero-order chi connectivity index (χ0) is 15.8. The van der Waals surface area contributed by atoms with Crippen LogP contribution >= 0.6 is 0 Å². The molecule has 1 aromatic carbocycles. The van der Waals surface area contributed by atoms with Crippen LogP contribution in [0.4, 0.5) is 0 Å². The Bertz CT molecular complexity index is 704. The molecule has 0 spiro atoms. The lowest BCUT2D eigenvalue weighted by Gasteiger charge is -2.48. The van der Waals surface area contributed by atoms with Gasteiger partial charge in [-0.2, -0.15) is 0 Å². The number of hydrogen-bond donors (Lipinski definition) is 1. The fourth-order valence-electron chi connectivity index (χ4n) is 5.00. The normalized spacial score (nSPS) is 36.9. The van der Waals surface area contributed by atoms with Gasteiger partial charge in [0.1, 0.15) is 0 Å². The van der Waals surface area contributed by atoms with E-state index in [0.717, 1.165) is 24.8 Å². The van der Waals surface area contributed by atoms with Crippen molar-refractivity contribution in [3.8, 4) is 11.5 Å². The van der Waals surface area contributed by atoms with Crippen molar-refractivity contribution in [1.82, 2.24) is 4.90 Å². The molecule has 1 N–H and O–H groups in total. The van der Waals surface area contributed by atoms with E-state index in [4.69, 9.17) is 14.2 Å². The van der Waals surface area contributed by atoms with Gasteiger partial charge in [-0.05, 0) is 37.0 Å². The number of benzene rings is 1. The van der Waals surface area contributed by atoms with Crippen molar-refractivity contribution in [1.29, 1.82) is 0 Å². The highest BCUT2D eigenvalue weighted by Crippen LogP contribution is 2.55. The Kier molecular flexibility index (Phi) is 2.60. The van der Waals surface area contributed by atoms with E-state index in [9.17, 15) is 9.90 Å². The predicted octanol–water partition coefficient (Wildman–Crippen LogP) is 1.05. The average Bonchev–Trinajstić information content (AvgIpc) is 3.12. The Morgan fingerprint density at radius 1 is 1.35 bits per heavy atom. The standard InChI is InChI=1S/C17H19NO5/c1-21-9-2-3-17-11-6-13-12(22-8-23-13)5-10(11)16(20)18(7-15(17)19)14(17)4-9/h5-6,9,14-15,19H,2-4,7-8H2,1H3. The molecule has 1 aliphatic carbocycles. The summed E-state index contributed by atoms with van der Waals surface area (Å²) < 4.78 is 16.5. The zero-order valence-electron chi connectivity index (χ0n) is 12.9. The summed E-state index contributed by atoms with van der Waals surface area (Å²) in [7, 11) is 1.72. The van der Waals surface area contributed by atoms with E-state index < -0.39 is 11.5 Å². The molecule has 3 heterocycles. The summed E-state index contributed by atoms with van der Waals surface area (Å²) in [6.45, 7) is 0.571. The first kappa shape index (κ1) is 13.6. The van der Waals surface area contributed by atoms with Crippen molar-refractivity contribution >= 4 is 5.91 Å². The third kappa shape index (κ3) is 1.53. The minimum Gasteiger partial charge on any atom is -0.454 e. The number of aliphatic hydroxyl groups excluding tert-OH is 1. The molecule has 2 fully saturated rings. The van der Waals surface area contributed by atoms with Crippen LogP contribution in [-0.2, 0) is 10.2 Å². The van der Waals surface area contributed by atoms with Gasteiger partial charge in [-0.3, -0.25) is 4.79 Å². The molecule has 23 heavy (non-hydrogen) atoms. The van der Waals surface area contributed by atoms with Gasteiger partial charge in [-0.15, -0.1) is 0 Å². The lowest BCUT2D eigenvalue weighted by atomic mass is 9.62. The van der Waals surface area contributed by atoms with Gasteiger partial charge in [-0.25, -0.2) is 0 Å². The minimum absolute atomic E-state index is 0.00317. The first-order valence-electron chi connectivity index (χ1n) is 8.11. The molecule has 6 nitrogen and oxygen atoms in total. The lowest BCUT2D eigenvalue weighted by Crippen LogP contribution is -2.56. The summed E-state index contributed by atoms with van der Waals surface area (Å²) in [6, 6.07) is 3.70. The van der Waals surface area contributed by atoms with Gasteiger partial charge in [0.2, 0.25) is 6.79 Å². The highest BCUT2D eigenvalue weighted by molar-refractivity contribution is 5.99. The summed E-state index contributed by atoms with van der Waals surface area (Å²) in [4.78, 5) is 14.8. The summed E-state index contributed by atoms with van der Waals surface area (Å²) in [5.74, 6) is 1.27. The summed E-state index contributed by atoms with van der Waals surface area (Å²) in [5.41, 5.74) is 1.17. The van der Waals surface area contributed by atoms with E-state index in [1.165, 1.54) is 0 Å². The molecular weight excluding hydrogens is 298 g/mol. The van der Waals surface area contributed by atoms with E-state index in [2.05, 4.69) is 0 Å². The van der Waals surface area contributed by atoms with Crippen LogP contribution in [0.3, 0.4) is 0 Å². The number of hydrogen-bond acceptors (Lipinski definition) is 5. The molecule has 0 radical (unpaired) electrons. The second-order valence-electron chi connectivity index (χ2n) is 6.91. The van der Waals surface area contributed by atoms with Crippen LogP contribution in [0, 0.1) is 0 Å². The molecule has 1 saturated carbocycles. The fourth-order valence-corrected chi connectivity index (χ4v) is 5.00. The highest BCUT2D eigenvalue weighted by atomic mass is 16.7. The van der Waals surface area contributed by atoms with E-state index in [0.29, 0.717) is 23.6 Å². The molecule has 6 heteroatoms. The largest absolute Gasteiger partial charge is 0.454 e. The fraction of sp³-hybridized carbons (Fsp3) is 0.588. The molecule has 5 rings (SSSR count). The van der Waals surface area contributed by atoms with Gasteiger partial charge in [0.25, 0.3) is 5.91 Å². The second-order valence-corrected chi connectivity index (χ2v) is 6.91. The highest BCUT2D eigenvalue weighted by Gasteiger charge is 2.62. The third-order valence-electron chi connectivity index (χ3n) is 6.14. The van der Waals surface area contributed by atoms with Crippen molar-refractivity contribution in [3.05, 3.63) is 23.3 Å². The van der Waals surface area contributed by atoms with Gasteiger partial charge in [0, 0.05) is 30.7 Å². The number of carbonyl (C=O) groups excluding carboxylic acids is 1. The monoisotopic (exact) mass is 317 g/mol. The van der Waals surface area contributed by atoms with Crippen LogP contribution < -0.4 is 9.47 Å². The Hall–Kier alpha value is -1.79. The van der Waals surface area contributed by atoms with Gasteiger partial charge >= 0.3 is 0 Å². The number of aliphatic hydroxyl groups is 1. The molecule has 4 atom stereocenters. The number of methoxy groups -OCH3 is 1. The maximum absolute atomic E-state index is 12.9. The molecule has 2 bridgehead atoms. The Morgan fingerprint density at radius 2 is 2.13 bits per heavy atom. The topological polar surface area (TPSA) is 68.2 Å². The molecule has 1 saturated heterocycles. The molecular formula is C17H19NO5. The van der Waals surface area contributed by atoms with Crippen molar-refractivity contribution < 1.29 is 24.1 Å². The van der Waals surface area contributed by atoms with Gasteiger partial charge in [-0.1, -0.05) is 0 Å². The Balaban J connectivity index is 1.71. The Labute approximate surface area is 133 Å². The van der Waals surface area contributed by atoms with Gasteiger partial charge in [0.15, 0.2) is 11.5 Å². The maximum Gasteiger partial charge on any atom is 0.254 e. The molecule has 4 unspecified atom stereocenters. The van der Waals surface area contributed by atoms with Crippen LogP contribution in [0.25, 0.3) is 0 Å². The zero-order valence-corrected chi connectivity index (χ0v) is 12.9. The first-order valence-corrected chi connectivity index (χ1v) is 8.11. The van der Waals surface area contributed by atoms with Gasteiger partial charge in [0.05, 0.1) is 12.2 Å². The van der Waals surface area contributed by atoms with Crippen LogP contribution in [-0.4, -0.2) is 54.6 Å². The number of amides is 1. The quantitative estimate of drug-likeness (QED) is 0.838. The Morgan fingerprint density at radius 3 is 2.91 bits per heavy atom. The average molecular weight is 317 g/mol. The number of ether oxygens (including phenoxy) is 3. The SMILES string of the molecule is COC1CCC23c4cc5c(cc4C(=O)N(CC2O)C3C1)OCO5. The van der Waals surface area contributed by atoms with Crippen LogP contribution in [0.5, 0.6) is 11.5 Å². The second kappa shape index (κ2) is 4.39. The summed E-state index contributed by atoms with van der Waals surface area (Å²) in [6.07, 6.45) is 2.07. The van der Waals surface area contributed by atoms with Crippen LogP contribution in [0.15, 0.2) is 12.1 Å². The molecule has 4 aliphatic rings. The smallest absolute Gasteiger partial charge is 0.254 e. The van der Waals surface area contributed by atoms with E-state index >= 15 is 0 Å². The van der Waals surface area contributed by atoms with Crippen molar-refractivity contribution in [3.63, 3.8) is 0 Å². The summed E-state index contributed by atoms with van der Waals surface area (Å²) in [5, 5.41) is 10.9. The molecule has 3 aliphatic heterocycles. The summed E-state index contributed by atoms with van der Waals surface area (Å²) >= 11 is 0. The minimum atomic E-state index is -0.545. The maximum atomic E-state index is 12.9.